The van der Waals surface area contributed by atoms with Crippen LogP contribution in [0.15, 0.2) is 18.2 Å². The van der Waals surface area contributed by atoms with Crippen LogP contribution in [-0.4, -0.2) is 19.5 Å². The van der Waals surface area contributed by atoms with Crippen LogP contribution in [0.1, 0.15) is 49.7 Å². The molecule has 20 heavy (non-hydrogen) atoms. The maximum absolute atomic E-state index is 12.6. The molecule has 0 spiro atoms. The van der Waals surface area contributed by atoms with Crippen LogP contribution in [0.5, 0.6) is 5.75 Å². The fourth-order valence-corrected chi connectivity index (χ4v) is 2.59. The Labute approximate surface area is 117 Å². The minimum absolute atomic E-state index is 0.0319. The largest absolute Gasteiger partial charge is 0.573 e. The molecule has 0 unspecified atom stereocenters. The average molecular weight is 287 g/mol. The van der Waals surface area contributed by atoms with E-state index in [1.165, 1.54) is 6.07 Å². The van der Waals surface area contributed by atoms with E-state index in [2.05, 4.69) is 10.1 Å². The Bertz CT molecular complexity index is 451. The van der Waals surface area contributed by atoms with E-state index in [1.54, 1.807) is 6.07 Å². The van der Waals surface area contributed by atoms with Crippen molar-refractivity contribution in [3.05, 3.63) is 29.3 Å². The van der Waals surface area contributed by atoms with Crippen molar-refractivity contribution in [2.24, 2.45) is 0 Å². The van der Waals surface area contributed by atoms with Crippen molar-refractivity contribution in [3.63, 3.8) is 0 Å². The van der Waals surface area contributed by atoms with Gasteiger partial charge >= 0.3 is 6.36 Å². The number of ether oxygens (including phenoxy) is 1. The van der Waals surface area contributed by atoms with Crippen LogP contribution in [0.4, 0.5) is 13.2 Å². The van der Waals surface area contributed by atoms with Crippen molar-refractivity contribution < 1.29 is 17.9 Å². The van der Waals surface area contributed by atoms with Gasteiger partial charge in [-0.05, 0) is 55.0 Å². The Morgan fingerprint density at radius 1 is 1.20 bits per heavy atom. The second-order valence-electron chi connectivity index (χ2n) is 5.52. The van der Waals surface area contributed by atoms with Crippen LogP contribution in [0.2, 0.25) is 0 Å². The summed E-state index contributed by atoms with van der Waals surface area (Å²) in [6.07, 6.45) is -2.96. The molecule has 2 rings (SSSR count). The Morgan fingerprint density at radius 3 is 2.40 bits per heavy atom. The fourth-order valence-electron chi connectivity index (χ4n) is 2.59. The smallest absolute Gasteiger partial charge is 0.405 e. The van der Waals surface area contributed by atoms with Gasteiger partial charge in [0.15, 0.2) is 0 Å². The molecular formula is C15H20F3NO. The molecule has 0 bridgehead atoms. The summed E-state index contributed by atoms with van der Waals surface area (Å²) in [5, 5.41) is 3.22. The first-order chi connectivity index (χ1) is 9.37. The molecule has 1 aliphatic rings. The summed E-state index contributed by atoms with van der Waals surface area (Å²) >= 11 is 0. The van der Waals surface area contributed by atoms with Crippen molar-refractivity contribution >= 4 is 0 Å². The maximum atomic E-state index is 12.6. The minimum atomic E-state index is -4.64. The van der Waals surface area contributed by atoms with Crippen LogP contribution >= 0.6 is 0 Å². The Balaban J connectivity index is 2.33. The molecule has 0 radical (unpaired) electrons. The monoisotopic (exact) mass is 287 g/mol. The van der Waals surface area contributed by atoms with Gasteiger partial charge in [-0.2, -0.15) is 0 Å². The number of piperidine rings is 1. The first-order valence-electron chi connectivity index (χ1n) is 6.97. The van der Waals surface area contributed by atoms with E-state index >= 15 is 0 Å². The Kier molecular flexibility index (Phi) is 4.58. The first-order valence-corrected chi connectivity index (χ1v) is 6.97. The zero-order valence-corrected chi connectivity index (χ0v) is 11.8. The molecule has 1 saturated heterocycles. The lowest BCUT2D eigenvalue weighted by Gasteiger charge is -2.26. The second kappa shape index (κ2) is 6.04. The van der Waals surface area contributed by atoms with Gasteiger partial charge in [-0.3, -0.25) is 0 Å². The van der Waals surface area contributed by atoms with Crippen molar-refractivity contribution in [3.8, 4) is 5.75 Å². The fraction of sp³-hybridized carbons (Fsp3) is 0.600. The lowest BCUT2D eigenvalue weighted by atomic mass is 9.88. The predicted octanol–water partition coefficient (Wildman–Crippen LogP) is 4.18. The third kappa shape index (κ3) is 3.88. The molecule has 0 amide bonds. The SMILES string of the molecule is CC(C)c1ccc(C2CCNCC2)c(OC(F)(F)F)c1. The molecule has 2 nitrogen and oxygen atoms in total. The quantitative estimate of drug-likeness (QED) is 0.900. The summed E-state index contributed by atoms with van der Waals surface area (Å²) in [5.41, 5.74) is 1.54. The van der Waals surface area contributed by atoms with Gasteiger partial charge in [-0.25, -0.2) is 0 Å². The van der Waals surface area contributed by atoms with E-state index in [4.69, 9.17) is 0 Å². The van der Waals surface area contributed by atoms with Crippen LogP contribution in [0, 0.1) is 0 Å². The minimum Gasteiger partial charge on any atom is -0.405 e. The van der Waals surface area contributed by atoms with Gasteiger partial charge in [0.25, 0.3) is 0 Å². The number of alkyl halides is 3. The van der Waals surface area contributed by atoms with Gasteiger partial charge in [0, 0.05) is 0 Å². The normalized spacial score (nSPS) is 17.5. The molecule has 0 atom stereocenters. The highest BCUT2D eigenvalue weighted by atomic mass is 19.4. The molecule has 1 aliphatic heterocycles. The summed E-state index contributed by atoms with van der Waals surface area (Å²) in [6, 6.07) is 5.24. The summed E-state index contributed by atoms with van der Waals surface area (Å²) in [6.45, 7) is 5.58. The molecule has 0 aromatic heterocycles. The Hall–Kier alpha value is -1.23. The van der Waals surface area contributed by atoms with Crippen molar-refractivity contribution in [2.45, 2.75) is 44.9 Å². The van der Waals surface area contributed by atoms with Crippen LogP contribution in [0.3, 0.4) is 0 Å². The maximum Gasteiger partial charge on any atom is 0.573 e. The van der Waals surface area contributed by atoms with Gasteiger partial charge in [0.05, 0.1) is 0 Å². The van der Waals surface area contributed by atoms with E-state index in [0.717, 1.165) is 31.5 Å². The zero-order chi connectivity index (χ0) is 14.8. The average Bonchev–Trinajstić information content (AvgIpc) is 2.37. The van der Waals surface area contributed by atoms with Crippen molar-refractivity contribution in [2.75, 3.05) is 13.1 Å². The van der Waals surface area contributed by atoms with Crippen LogP contribution in [-0.2, 0) is 0 Å². The molecule has 1 fully saturated rings. The lowest BCUT2D eigenvalue weighted by Crippen LogP contribution is -2.27. The summed E-state index contributed by atoms with van der Waals surface area (Å²) in [4.78, 5) is 0. The molecule has 1 heterocycles. The van der Waals surface area contributed by atoms with Crippen molar-refractivity contribution in [1.29, 1.82) is 0 Å². The first kappa shape index (κ1) is 15.2. The molecule has 0 saturated carbocycles. The molecule has 5 heteroatoms. The highest BCUT2D eigenvalue weighted by Crippen LogP contribution is 2.37. The summed E-state index contributed by atoms with van der Waals surface area (Å²) in [5.74, 6) is 0.276. The predicted molar refractivity (Wildman–Crippen MR) is 72.1 cm³/mol. The molecule has 112 valence electrons. The molecule has 0 aliphatic carbocycles. The van der Waals surface area contributed by atoms with Gasteiger partial charge < -0.3 is 10.1 Å². The third-order valence-electron chi connectivity index (χ3n) is 3.71. The van der Waals surface area contributed by atoms with Crippen LogP contribution < -0.4 is 10.1 Å². The standard InChI is InChI=1S/C15H20F3NO/c1-10(2)12-3-4-13(11-5-7-19-8-6-11)14(9-12)20-15(16,17)18/h3-4,9-11,19H,5-8H2,1-2H3. The van der Waals surface area contributed by atoms with Gasteiger partial charge in [0.2, 0.25) is 0 Å². The zero-order valence-electron chi connectivity index (χ0n) is 11.8. The summed E-state index contributed by atoms with van der Waals surface area (Å²) < 4.78 is 42.0. The number of rotatable bonds is 3. The molecule has 1 aromatic carbocycles. The highest BCUT2D eigenvalue weighted by molar-refractivity contribution is 5.41. The number of halogens is 3. The lowest BCUT2D eigenvalue weighted by molar-refractivity contribution is -0.275. The molecule has 1 aromatic rings. The van der Waals surface area contributed by atoms with E-state index in [1.807, 2.05) is 19.9 Å². The highest BCUT2D eigenvalue weighted by Gasteiger charge is 2.33. The second-order valence-corrected chi connectivity index (χ2v) is 5.52. The molecular weight excluding hydrogens is 267 g/mol. The third-order valence-corrected chi connectivity index (χ3v) is 3.71. The van der Waals surface area contributed by atoms with E-state index in [0.29, 0.717) is 5.56 Å². The number of benzene rings is 1. The van der Waals surface area contributed by atoms with Gasteiger partial charge in [-0.1, -0.05) is 26.0 Å². The number of hydrogen-bond acceptors (Lipinski definition) is 2. The van der Waals surface area contributed by atoms with Crippen molar-refractivity contribution in [1.82, 2.24) is 5.32 Å². The van der Waals surface area contributed by atoms with Crippen LogP contribution in [0.25, 0.3) is 0 Å². The van der Waals surface area contributed by atoms with Gasteiger partial charge in [-0.15, -0.1) is 13.2 Å². The van der Waals surface area contributed by atoms with E-state index < -0.39 is 6.36 Å². The summed E-state index contributed by atoms with van der Waals surface area (Å²) in [7, 11) is 0. The number of nitrogens with one attached hydrogen (secondary N) is 1. The Morgan fingerprint density at radius 2 is 1.85 bits per heavy atom. The topological polar surface area (TPSA) is 21.3 Å². The van der Waals surface area contributed by atoms with Gasteiger partial charge in [0.1, 0.15) is 5.75 Å². The number of hydrogen-bond donors (Lipinski definition) is 1. The van der Waals surface area contributed by atoms with E-state index in [9.17, 15) is 13.2 Å². The van der Waals surface area contributed by atoms with E-state index in [-0.39, 0.29) is 17.6 Å². The molecule has 1 N–H and O–H groups in total.